The Kier molecular flexibility index (Phi) is 4.01. The Bertz CT molecular complexity index is 774. The van der Waals surface area contributed by atoms with Gasteiger partial charge in [0.1, 0.15) is 17.7 Å². The molecular weight excluding hydrogens is 298 g/mol. The number of carbonyl (C=O) groups is 1. The predicted molar refractivity (Wildman–Crippen MR) is 77.1 cm³/mol. The molecule has 2 aromatic rings. The van der Waals surface area contributed by atoms with Gasteiger partial charge in [0.25, 0.3) is 11.8 Å². The van der Waals surface area contributed by atoms with E-state index in [9.17, 15) is 10.0 Å². The van der Waals surface area contributed by atoms with Crippen molar-refractivity contribution in [1.82, 2.24) is 14.9 Å². The van der Waals surface area contributed by atoms with Crippen molar-refractivity contribution >= 4 is 5.91 Å². The lowest BCUT2D eigenvalue weighted by atomic mass is 10.2. The summed E-state index contributed by atoms with van der Waals surface area (Å²) in [5, 5.41) is 20.2. The van der Waals surface area contributed by atoms with Crippen LogP contribution in [0.3, 0.4) is 0 Å². The number of amides is 1. The molecule has 1 atom stereocenters. The lowest BCUT2D eigenvalue weighted by Crippen LogP contribution is -2.33. The van der Waals surface area contributed by atoms with Crippen LogP contribution >= 0.6 is 0 Å². The molecule has 2 aromatic heterocycles. The number of hydrogen-bond acceptors (Lipinski definition) is 6. The van der Waals surface area contributed by atoms with E-state index >= 15 is 0 Å². The van der Waals surface area contributed by atoms with Gasteiger partial charge in [-0.25, -0.2) is 9.97 Å². The molecule has 1 saturated heterocycles. The van der Waals surface area contributed by atoms with E-state index in [2.05, 4.69) is 9.97 Å². The lowest BCUT2D eigenvalue weighted by Gasteiger charge is -2.16. The molecule has 0 saturated carbocycles. The van der Waals surface area contributed by atoms with Crippen LogP contribution in [0.4, 0.5) is 0 Å². The van der Waals surface area contributed by atoms with Gasteiger partial charge < -0.3 is 14.8 Å². The first-order valence-electron chi connectivity index (χ1n) is 7.03. The van der Waals surface area contributed by atoms with Crippen molar-refractivity contribution in [2.45, 2.75) is 12.5 Å². The zero-order chi connectivity index (χ0) is 16.2. The van der Waals surface area contributed by atoms with Gasteiger partial charge in [-0.2, -0.15) is 9.99 Å². The van der Waals surface area contributed by atoms with Gasteiger partial charge in [0, 0.05) is 31.4 Å². The Morgan fingerprint density at radius 1 is 1.48 bits per heavy atom. The van der Waals surface area contributed by atoms with E-state index < -0.39 is 0 Å². The number of carbonyl (C=O) groups excluding carboxylic acids is 1. The number of pyridine rings is 1. The zero-order valence-corrected chi connectivity index (χ0v) is 12.1. The Balaban J connectivity index is 1.67. The number of nitrogens with zero attached hydrogens (tertiary/aromatic N) is 5. The van der Waals surface area contributed by atoms with Crippen LogP contribution in [0.15, 0.2) is 36.9 Å². The maximum absolute atomic E-state index is 12.4. The minimum Gasteiger partial charge on any atom is -0.619 e. The molecular formula is C15H13N5O3. The molecule has 1 unspecified atom stereocenters. The molecule has 1 aliphatic rings. The molecule has 3 heterocycles. The van der Waals surface area contributed by atoms with Crippen LogP contribution in [-0.2, 0) is 0 Å². The molecule has 0 N–H and O–H groups in total. The largest absolute Gasteiger partial charge is 0.619 e. The number of nitriles is 1. The Morgan fingerprint density at radius 2 is 2.30 bits per heavy atom. The van der Waals surface area contributed by atoms with Gasteiger partial charge in [0.2, 0.25) is 5.69 Å². The van der Waals surface area contributed by atoms with E-state index in [0.29, 0.717) is 29.8 Å². The van der Waals surface area contributed by atoms with Crippen LogP contribution in [0.5, 0.6) is 5.88 Å². The van der Waals surface area contributed by atoms with Crippen molar-refractivity contribution in [1.29, 1.82) is 5.26 Å². The predicted octanol–water partition coefficient (Wildman–Crippen LogP) is 0.275. The topological polar surface area (TPSA) is 106 Å². The van der Waals surface area contributed by atoms with Gasteiger partial charge in [0.05, 0.1) is 6.54 Å². The third-order valence-electron chi connectivity index (χ3n) is 3.50. The zero-order valence-electron chi connectivity index (χ0n) is 12.1. The fraction of sp³-hybridized carbons (Fsp3) is 0.267. The SMILES string of the molecule is N#Cc1nccnc1OC1CCN(C(=O)c2ccc[n+]([O-])c2)C1. The molecule has 1 fully saturated rings. The van der Waals surface area contributed by atoms with Gasteiger partial charge in [-0.15, -0.1) is 0 Å². The summed E-state index contributed by atoms with van der Waals surface area (Å²) in [6, 6.07) is 5.05. The second kappa shape index (κ2) is 6.27. The number of rotatable bonds is 3. The van der Waals surface area contributed by atoms with E-state index in [4.69, 9.17) is 10.00 Å². The van der Waals surface area contributed by atoms with Gasteiger partial charge in [-0.05, 0) is 6.07 Å². The monoisotopic (exact) mass is 311 g/mol. The minimum atomic E-state index is -0.258. The summed E-state index contributed by atoms with van der Waals surface area (Å²) in [6.07, 6.45) is 5.80. The second-order valence-corrected chi connectivity index (χ2v) is 5.05. The van der Waals surface area contributed by atoms with Crippen LogP contribution in [0.2, 0.25) is 0 Å². The fourth-order valence-corrected chi connectivity index (χ4v) is 2.42. The molecule has 0 radical (unpaired) electrons. The molecule has 116 valence electrons. The summed E-state index contributed by atoms with van der Waals surface area (Å²) in [4.78, 5) is 21.9. The minimum absolute atomic E-state index is 0.118. The maximum Gasteiger partial charge on any atom is 0.260 e. The summed E-state index contributed by atoms with van der Waals surface area (Å²) in [5.74, 6) is -0.0487. The highest BCUT2D eigenvalue weighted by atomic mass is 16.5. The third kappa shape index (κ3) is 3.18. The smallest absolute Gasteiger partial charge is 0.260 e. The van der Waals surface area contributed by atoms with Crippen molar-refractivity contribution in [3.63, 3.8) is 0 Å². The van der Waals surface area contributed by atoms with Gasteiger partial charge in [-0.3, -0.25) is 4.79 Å². The summed E-state index contributed by atoms with van der Waals surface area (Å²) in [6.45, 7) is 0.882. The van der Waals surface area contributed by atoms with Crippen molar-refractivity contribution in [2.75, 3.05) is 13.1 Å². The number of likely N-dealkylation sites (tertiary alicyclic amines) is 1. The average molecular weight is 311 g/mol. The highest BCUT2D eigenvalue weighted by molar-refractivity contribution is 5.93. The van der Waals surface area contributed by atoms with Gasteiger partial charge in [-0.1, -0.05) is 0 Å². The van der Waals surface area contributed by atoms with E-state index in [1.54, 1.807) is 11.0 Å². The van der Waals surface area contributed by atoms with Crippen LogP contribution in [0.1, 0.15) is 22.5 Å². The number of hydrogen-bond donors (Lipinski definition) is 0. The van der Waals surface area contributed by atoms with Gasteiger partial charge >= 0.3 is 0 Å². The Hall–Kier alpha value is -3.21. The first kappa shape index (κ1) is 14.7. The summed E-state index contributed by atoms with van der Waals surface area (Å²) < 4.78 is 6.27. The molecule has 0 aliphatic carbocycles. The molecule has 3 rings (SSSR count). The van der Waals surface area contributed by atoms with E-state index in [1.807, 2.05) is 6.07 Å². The lowest BCUT2D eigenvalue weighted by molar-refractivity contribution is -0.605. The Morgan fingerprint density at radius 3 is 3.09 bits per heavy atom. The first-order chi connectivity index (χ1) is 11.2. The average Bonchev–Trinajstić information content (AvgIpc) is 3.03. The quantitative estimate of drug-likeness (QED) is 0.595. The standard InChI is InChI=1S/C15H13N5O3/c16-8-13-14(18-5-4-17-13)23-12-3-7-19(10-12)15(21)11-2-1-6-20(22)9-11/h1-2,4-6,9,12H,3,7,10H2. The molecule has 23 heavy (non-hydrogen) atoms. The molecule has 1 amide bonds. The Labute approximate surface area is 132 Å². The summed E-state index contributed by atoms with van der Waals surface area (Å²) in [7, 11) is 0. The number of aromatic nitrogens is 3. The van der Waals surface area contributed by atoms with Crippen LogP contribution in [-0.4, -0.2) is 40.0 Å². The normalized spacial score (nSPS) is 16.8. The first-order valence-corrected chi connectivity index (χ1v) is 7.03. The molecule has 0 spiro atoms. The van der Waals surface area contributed by atoms with Crippen LogP contribution in [0, 0.1) is 16.5 Å². The van der Waals surface area contributed by atoms with Crippen molar-refractivity contribution in [3.8, 4) is 11.9 Å². The highest BCUT2D eigenvalue weighted by Gasteiger charge is 2.30. The van der Waals surface area contributed by atoms with E-state index in [-0.39, 0.29) is 23.6 Å². The number of ether oxygens (including phenoxy) is 1. The van der Waals surface area contributed by atoms with E-state index in [1.165, 1.54) is 30.9 Å². The van der Waals surface area contributed by atoms with Gasteiger partial charge in [0.15, 0.2) is 12.4 Å². The summed E-state index contributed by atoms with van der Waals surface area (Å²) in [5.41, 5.74) is 0.452. The molecule has 8 nitrogen and oxygen atoms in total. The molecule has 0 aromatic carbocycles. The molecule has 8 heteroatoms. The van der Waals surface area contributed by atoms with Crippen molar-refractivity contribution in [2.24, 2.45) is 0 Å². The van der Waals surface area contributed by atoms with Crippen LogP contribution < -0.4 is 9.47 Å². The van der Waals surface area contributed by atoms with Crippen molar-refractivity contribution < 1.29 is 14.3 Å². The summed E-state index contributed by atoms with van der Waals surface area (Å²) >= 11 is 0. The maximum atomic E-state index is 12.4. The fourth-order valence-electron chi connectivity index (χ4n) is 2.42. The van der Waals surface area contributed by atoms with E-state index in [0.717, 1.165) is 0 Å². The molecule has 0 bridgehead atoms. The molecule has 1 aliphatic heterocycles. The van der Waals surface area contributed by atoms with Crippen LogP contribution in [0.25, 0.3) is 0 Å². The highest BCUT2D eigenvalue weighted by Crippen LogP contribution is 2.19. The van der Waals surface area contributed by atoms with Crippen molar-refractivity contribution in [3.05, 3.63) is 53.4 Å². The second-order valence-electron chi connectivity index (χ2n) is 5.05. The third-order valence-corrected chi connectivity index (χ3v) is 3.50.